The number of hydrogen-bond acceptors (Lipinski definition) is 3. The van der Waals surface area contributed by atoms with E-state index in [4.69, 9.17) is 5.11 Å². The first-order valence-electron chi connectivity index (χ1n) is 5.80. The number of aryl methyl sites for hydroxylation is 1. The minimum absolute atomic E-state index is 0.349. The van der Waals surface area contributed by atoms with Crippen LogP contribution in [-0.2, 0) is 0 Å². The Bertz CT molecular complexity index is 433. The van der Waals surface area contributed by atoms with E-state index in [-0.39, 0.29) is 0 Å². The summed E-state index contributed by atoms with van der Waals surface area (Å²) < 4.78 is 0. The Hall–Kier alpha value is -1.16. The lowest BCUT2D eigenvalue weighted by molar-refractivity contribution is 0.0697. The van der Waals surface area contributed by atoms with Crippen LogP contribution in [0.4, 0.5) is 5.69 Å². The van der Waals surface area contributed by atoms with Gasteiger partial charge in [-0.15, -0.1) is 0 Å². The number of carboxylic acid groups (broad SMARTS) is 1. The minimum Gasteiger partial charge on any atom is -0.478 e. The molecule has 1 heterocycles. The van der Waals surface area contributed by atoms with Gasteiger partial charge in [-0.05, 0) is 42.9 Å². The Labute approximate surface area is 106 Å². The molecule has 92 valence electrons. The van der Waals surface area contributed by atoms with E-state index in [0.29, 0.717) is 16.9 Å². The van der Waals surface area contributed by atoms with Crippen LogP contribution in [0.25, 0.3) is 0 Å². The van der Waals surface area contributed by atoms with E-state index in [1.165, 1.54) is 12.2 Å². The number of nitrogens with one attached hydrogen (secondary N) is 1. The van der Waals surface area contributed by atoms with E-state index in [1.807, 2.05) is 24.8 Å². The van der Waals surface area contributed by atoms with Crippen LogP contribution >= 0.6 is 11.8 Å². The van der Waals surface area contributed by atoms with Crippen LogP contribution in [0.3, 0.4) is 0 Å². The van der Waals surface area contributed by atoms with Crippen LogP contribution in [0.15, 0.2) is 18.2 Å². The minimum atomic E-state index is -0.871. The molecule has 1 aromatic rings. The van der Waals surface area contributed by atoms with Crippen LogP contribution in [0, 0.1) is 6.92 Å². The highest BCUT2D eigenvalue weighted by molar-refractivity contribution is 8.00. The molecular weight excluding hydrogens is 234 g/mol. The van der Waals surface area contributed by atoms with E-state index < -0.39 is 5.97 Å². The van der Waals surface area contributed by atoms with Crippen molar-refractivity contribution in [1.29, 1.82) is 0 Å². The number of thioether (sulfide) groups is 1. The van der Waals surface area contributed by atoms with Gasteiger partial charge in [0.15, 0.2) is 0 Å². The Morgan fingerprint density at radius 1 is 1.53 bits per heavy atom. The van der Waals surface area contributed by atoms with Crippen molar-refractivity contribution in [1.82, 2.24) is 0 Å². The van der Waals surface area contributed by atoms with Crippen molar-refractivity contribution in [3.63, 3.8) is 0 Å². The molecule has 2 unspecified atom stereocenters. The van der Waals surface area contributed by atoms with Gasteiger partial charge < -0.3 is 10.4 Å². The van der Waals surface area contributed by atoms with Crippen molar-refractivity contribution >= 4 is 23.4 Å². The van der Waals surface area contributed by atoms with Crippen molar-refractivity contribution < 1.29 is 9.90 Å². The number of anilines is 1. The molecule has 17 heavy (non-hydrogen) atoms. The summed E-state index contributed by atoms with van der Waals surface area (Å²) >= 11 is 1.98. The van der Waals surface area contributed by atoms with Gasteiger partial charge in [0.25, 0.3) is 0 Å². The molecule has 2 atom stereocenters. The first-order valence-corrected chi connectivity index (χ1v) is 6.85. The molecule has 1 aliphatic rings. The van der Waals surface area contributed by atoms with Crippen molar-refractivity contribution in [2.75, 3.05) is 11.1 Å². The molecule has 1 aromatic carbocycles. The molecular formula is C13H17NO2S. The molecule has 2 N–H and O–H groups in total. The van der Waals surface area contributed by atoms with Gasteiger partial charge in [0.05, 0.1) is 5.56 Å². The normalized spacial score (nSPS) is 23.6. The largest absolute Gasteiger partial charge is 0.478 e. The molecule has 0 amide bonds. The maximum absolute atomic E-state index is 10.8. The maximum Gasteiger partial charge on any atom is 0.335 e. The summed E-state index contributed by atoms with van der Waals surface area (Å²) in [6.45, 7) is 4.18. The summed E-state index contributed by atoms with van der Waals surface area (Å²) in [5, 5.41) is 13.0. The van der Waals surface area contributed by atoms with Crippen LogP contribution < -0.4 is 5.32 Å². The third-order valence-electron chi connectivity index (χ3n) is 3.19. The van der Waals surface area contributed by atoms with Crippen molar-refractivity contribution in [2.24, 2.45) is 0 Å². The Morgan fingerprint density at radius 3 is 2.82 bits per heavy atom. The van der Waals surface area contributed by atoms with Crippen molar-refractivity contribution in [3.05, 3.63) is 29.3 Å². The van der Waals surface area contributed by atoms with Crippen LogP contribution in [0.1, 0.15) is 29.3 Å². The molecule has 0 saturated carbocycles. The van der Waals surface area contributed by atoms with Gasteiger partial charge in [-0.3, -0.25) is 0 Å². The zero-order valence-electron chi connectivity index (χ0n) is 10.1. The van der Waals surface area contributed by atoms with Gasteiger partial charge in [0, 0.05) is 17.0 Å². The topological polar surface area (TPSA) is 49.3 Å². The molecule has 4 heteroatoms. The van der Waals surface area contributed by atoms with E-state index in [1.54, 1.807) is 12.1 Å². The van der Waals surface area contributed by atoms with E-state index in [9.17, 15) is 4.79 Å². The molecule has 1 saturated heterocycles. The average Bonchev–Trinajstić information content (AvgIpc) is 2.67. The first-order chi connectivity index (χ1) is 8.08. The van der Waals surface area contributed by atoms with Gasteiger partial charge in [-0.2, -0.15) is 11.8 Å². The first kappa shape index (κ1) is 12.3. The molecule has 2 rings (SSSR count). The predicted octanol–water partition coefficient (Wildman–Crippen LogP) is 3.00. The molecule has 3 nitrogen and oxygen atoms in total. The quantitative estimate of drug-likeness (QED) is 0.867. The zero-order chi connectivity index (χ0) is 12.4. The molecule has 0 bridgehead atoms. The van der Waals surface area contributed by atoms with E-state index in [2.05, 4.69) is 12.2 Å². The number of benzene rings is 1. The Kier molecular flexibility index (Phi) is 3.62. The van der Waals surface area contributed by atoms with Crippen LogP contribution in [-0.4, -0.2) is 28.1 Å². The number of hydrogen-bond donors (Lipinski definition) is 2. The summed E-state index contributed by atoms with van der Waals surface area (Å²) in [6, 6.07) is 5.74. The van der Waals surface area contributed by atoms with Gasteiger partial charge in [-0.25, -0.2) is 4.79 Å². The monoisotopic (exact) mass is 251 g/mol. The van der Waals surface area contributed by atoms with E-state index >= 15 is 0 Å². The molecule has 0 spiro atoms. The summed E-state index contributed by atoms with van der Waals surface area (Å²) in [5.41, 5.74) is 2.39. The lowest BCUT2D eigenvalue weighted by Crippen LogP contribution is -2.25. The average molecular weight is 251 g/mol. The lowest BCUT2D eigenvalue weighted by atomic mass is 10.1. The number of carbonyl (C=O) groups is 1. The number of carboxylic acids is 1. The van der Waals surface area contributed by atoms with Crippen molar-refractivity contribution in [3.8, 4) is 0 Å². The van der Waals surface area contributed by atoms with Crippen molar-refractivity contribution in [2.45, 2.75) is 31.6 Å². The molecule has 0 aliphatic carbocycles. The predicted molar refractivity (Wildman–Crippen MR) is 72.1 cm³/mol. The highest BCUT2D eigenvalue weighted by Crippen LogP contribution is 2.29. The fraction of sp³-hybridized carbons (Fsp3) is 0.462. The number of rotatable bonds is 3. The number of aromatic carboxylic acids is 1. The zero-order valence-corrected chi connectivity index (χ0v) is 10.9. The molecule has 0 radical (unpaired) electrons. The smallest absolute Gasteiger partial charge is 0.335 e. The Balaban J connectivity index is 2.14. The molecule has 1 fully saturated rings. The highest BCUT2D eigenvalue weighted by atomic mass is 32.2. The summed E-state index contributed by atoms with van der Waals surface area (Å²) in [6.07, 6.45) is 1.17. The fourth-order valence-corrected chi connectivity index (χ4v) is 3.28. The lowest BCUT2D eigenvalue weighted by Gasteiger charge is -2.19. The van der Waals surface area contributed by atoms with Gasteiger partial charge in [0.2, 0.25) is 0 Å². The van der Waals surface area contributed by atoms with Gasteiger partial charge in [-0.1, -0.05) is 6.92 Å². The van der Waals surface area contributed by atoms with Gasteiger partial charge in [0.1, 0.15) is 0 Å². The molecule has 0 aromatic heterocycles. The second-order valence-corrected chi connectivity index (χ2v) is 5.94. The maximum atomic E-state index is 10.8. The summed E-state index contributed by atoms with van der Waals surface area (Å²) in [7, 11) is 0. The standard InChI is InChI=1S/C13H17NO2S/c1-8-7-10(13(15)16)3-4-11(8)14-12-5-6-17-9(12)2/h3-4,7,9,12,14H,5-6H2,1-2H3,(H,15,16). The second-order valence-electron chi connectivity index (χ2n) is 4.45. The summed E-state index contributed by atoms with van der Waals surface area (Å²) in [5.74, 6) is 0.329. The fourth-order valence-electron chi connectivity index (χ4n) is 2.08. The van der Waals surface area contributed by atoms with Crippen LogP contribution in [0.5, 0.6) is 0 Å². The summed E-state index contributed by atoms with van der Waals surface area (Å²) in [4.78, 5) is 10.8. The highest BCUT2D eigenvalue weighted by Gasteiger charge is 2.24. The third kappa shape index (κ3) is 2.75. The molecule has 1 aliphatic heterocycles. The van der Waals surface area contributed by atoms with Crippen LogP contribution in [0.2, 0.25) is 0 Å². The Morgan fingerprint density at radius 2 is 2.29 bits per heavy atom. The van der Waals surface area contributed by atoms with Gasteiger partial charge >= 0.3 is 5.97 Å². The van der Waals surface area contributed by atoms with E-state index in [0.717, 1.165) is 11.3 Å². The SMILES string of the molecule is Cc1cc(C(=O)O)ccc1NC1CCSC1C. The third-order valence-corrected chi connectivity index (χ3v) is 4.52. The second kappa shape index (κ2) is 5.00.